The smallest absolute Gasteiger partial charge is 0.333 e. The van der Waals surface area contributed by atoms with Crippen LogP contribution in [0.1, 0.15) is 12.5 Å². The van der Waals surface area contributed by atoms with Gasteiger partial charge in [-0.1, -0.05) is 24.8 Å². The van der Waals surface area contributed by atoms with E-state index >= 15 is 0 Å². The maximum atomic E-state index is 11.4. The number of nitrogens with zero attached hydrogens (tertiary/aromatic N) is 2. The van der Waals surface area contributed by atoms with Crippen LogP contribution < -0.4 is 0 Å². The number of esters is 1. The Morgan fingerprint density at radius 2 is 2.08 bits per heavy atom. The molecular formula is C18H17N3O3. The topological polar surface area (TPSA) is 88.1 Å². The summed E-state index contributed by atoms with van der Waals surface area (Å²) in [6.45, 7) is 5.41. The highest BCUT2D eigenvalue weighted by atomic mass is 16.5. The number of nitrogens with one attached hydrogen (secondary N) is 1. The molecule has 0 unspecified atom stereocenters. The lowest BCUT2D eigenvalue weighted by Crippen LogP contribution is -2.08. The van der Waals surface area contributed by atoms with Crippen molar-refractivity contribution in [2.45, 2.75) is 13.3 Å². The van der Waals surface area contributed by atoms with Crippen LogP contribution in [0.15, 0.2) is 48.6 Å². The fourth-order valence-corrected chi connectivity index (χ4v) is 2.42. The van der Waals surface area contributed by atoms with Crippen LogP contribution in [0.5, 0.6) is 5.75 Å². The van der Waals surface area contributed by atoms with Gasteiger partial charge in [-0.2, -0.15) is 15.4 Å². The van der Waals surface area contributed by atoms with E-state index < -0.39 is 5.97 Å². The Labute approximate surface area is 138 Å². The molecule has 0 saturated heterocycles. The molecule has 0 atom stereocenters. The number of aromatic hydroxyl groups is 1. The Kier molecular flexibility index (Phi) is 4.29. The lowest BCUT2D eigenvalue weighted by Gasteiger charge is -2.09. The first kappa shape index (κ1) is 15.7. The quantitative estimate of drug-likeness (QED) is 0.556. The number of hydrogen-bond acceptors (Lipinski definition) is 5. The standard InChI is InChI=1S/C18H17N3O3/c1-11(2)18(23)24-9-8-12-6-7-16(22)14(10-12)13-4-3-5-15-17(13)20-21-19-15/h3-7,10,22H,1,8-9H2,2H3,(H,19,20,21). The van der Waals surface area contributed by atoms with Crippen LogP contribution in [0.4, 0.5) is 0 Å². The molecule has 24 heavy (non-hydrogen) atoms. The van der Waals surface area contributed by atoms with Crippen LogP contribution in [0.2, 0.25) is 0 Å². The molecule has 1 heterocycles. The van der Waals surface area contributed by atoms with Crippen LogP contribution in [0.25, 0.3) is 22.2 Å². The Morgan fingerprint density at radius 1 is 1.25 bits per heavy atom. The van der Waals surface area contributed by atoms with E-state index in [0.717, 1.165) is 16.6 Å². The Balaban J connectivity index is 1.86. The highest BCUT2D eigenvalue weighted by Crippen LogP contribution is 2.33. The number of benzene rings is 2. The monoisotopic (exact) mass is 323 g/mol. The molecule has 0 fully saturated rings. The zero-order chi connectivity index (χ0) is 17.1. The number of aromatic amines is 1. The third-order valence-electron chi connectivity index (χ3n) is 3.67. The van der Waals surface area contributed by atoms with Crippen LogP contribution in [0.3, 0.4) is 0 Å². The molecule has 2 N–H and O–H groups in total. The predicted octanol–water partition coefficient (Wildman–Crippen LogP) is 2.99. The molecule has 0 radical (unpaired) electrons. The van der Waals surface area contributed by atoms with E-state index in [2.05, 4.69) is 22.0 Å². The van der Waals surface area contributed by atoms with Crippen molar-refractivity contribution in [1.82, 2.24) is 15.4 Å². The number of phenolic OH excluding ortho intramolecular Hbond substituents is 1. The van der Waals surface area contributed by atoms with Crippen molar-refractivity contribution in [3.05, 3.63) is 54.1 Å². The maximum absolute atomic E-state index is 11.4. The number of carbonyl (C=O) groups is 1. The average Bonchev–Trinajstić information content (AvgIpc) is 3.05. The summed E-state index contributed by atoms with van der Waals surface area (Å²) in [5.41, 5.74) is 4.20. The summed E-state index contributed by atoms with van der Waals surface area (Å²) < 4.78 is 5.11. The summed E-state index contributed by atoms with van der Waals surface area (Å²) >= 11 is 0. The number of H-pyrrole nitrogens is 1. The SMILES string of the molecule is C=C(C)C(=O)OCCc1ccc(O)c(-c2cccc3n[nH]nc23)c1. The first-order chi connectivity index (χ1) is 11.6. The van der Waals surface area contributed by atoms with E-state index in [4.69, 9.17) is 4.74 Å². The van der Waals surface area contributed by atoms with Crippen LogP contribution in [-0.2, 0) is 16.0 Å². The molecule has 2 aromatic carbocycles. The second-order valence-electron chi connectivity index (χ2n) is 5.51. The molecule has 3 aromatic rings. The van der Waals surface area contributed by atoms with Crippen molar-refractivity contribution < 1.29 is 14.6 Å². The van der Waals surface area contributed by atoms with Crippen molar-refractivity contribution in [2.75, 3.05) is 6.61 Å². The third kappa shape index (κ3) is 3.12. The van der Waals surface area contributed by atoms with Crippen molar-refractivity contribution in [2.24, 2.45) is 0 Å². The van der Waals surface area contributed by atoms with E-state index in [-0.39, 0.29) is 12.4 Å². The van der Waals surface area contributed by atoms with Gasteiger partial charge in [0, 0.05) is 23.1 Å². The summed E-state index contributed by atoms with van der Waals surface area (Å²) in [5.74, 6) is -0.241. The number of carbonyl (C=O) groups excluding carboxylic acids is 1. The molecule has 6 nitrogen and oxygen atoms in total. The van der Waals surface area contributed by atoms with Gasteiger partial charge in [0.15, 0.2) is 0 Å². The Hall–Kier alpha value is -3.15. The van der Waals surface area contributed by atoms with Gasteiger partial charge < -0.3 is 9.84 Å². The van der Waals surface area contributed by atoms with Crippen molar-refractivity contribution in [3.8, 4) is 16.9 Å². The summed E-state index contributed by atoms with van der Waals surface area (Å²) in [6, 6.07) is 10.9. The van der Waals surface area contributed by atoms with E-state index in [1.165, 1.54) is 0 Å². The summed E-state index contributed by atoms with van der Waals surface area (Å²) in [7, 11) is 0. The summed E-state index contributed by atoms with van der Waals surface area (Å²) in [4.78, 5) is 11.4. The van der Waals surface area contributed by atoms with Crippen molar-refractivity contribution in [3.63, 3.8) is 0 Å². The van der Waals surface area contributed by atoms with Crippen LogP contribution in [-0.4, -0.2) is 33.1 Å². The highest BCUT2D eigenvalue weighted by Gasteiger charge is 2.12. The predicted molar refractivity (Wildman–Crippen MR) is 90.5 cm³/mol. The van der Waals surface area contributed by atoms with Crippen molar-refractivity contribution in [1.29, 1.82) is 0 Å². The number of rotatable bonds is 5. The number of ether oxygens (including phenoxy) is 1. The molecule has 0 bridgehead atoms. The molecule has 122 valence electrons. The normalized spacial score (nSPS) is 10.7. The Morgan fingerprint density at radius 3 is 2.88 bits per heavy atom. The van der Waals surface area contributed by atoms with Crippen LogP contribution >= 0.6 is 0 Å². The number of hydrogen-bond donors (Lipinski definition) is 2. The molecule has 0 aliphatic heterocycles. The minimum absolute atomic E-state index is 0.160. The van der Waals surface area contributed by atoms with Gasteiger partial charge in [-0.3, -0.25) is 0 Å². The summed E-state index contributed by atoms with van der Waals surface area (Å²) in [6.07, 6.45) is 0.543. The highest BCUT2D eigenvalue weighted by molar-refractivity contribution is 5.93. The third-order valence-corrected chi connectivity index (χ3v) is 3.67. The van der Waals surface area contributed by atoms with Gasteiger partial charge in [0.2, 0.25) is 0 Å². The average molecular weight is 323 g/mol. The number of phenols is 1. The molecule has 3 rings (SSSR count). The number of fused-ring (bicyclic) bond motifs is 1. The number of para-hydroxylation sites is 1. The van der Waals surface area contributed by atoms with Gasteiger partial charge in [0.1, 0.15) is 16.8 Å². The van der Waals surface area contributed by atoms with E-state index in [9.17, 15) is 9.90 Å². The molecule has 6 heteroatoms. The molecule has 0 aliphatic carbocycles. The lowest BCUT2D eigenvalue weighted by molar-refractivity contribution is -0.138. The Bertz CT molecular complexity index is 915. The zero-order valence-electron chi connectivity index (χ0n) is 13.2. The zero-order valence-corrected chi connectivity index (χ0v) is 13.2. The van der Waals surface area contributed by atoms with Gasteiger partial charge >= 0.3 is 5.97 Å². The van der Waals surface area contributed by atoms with E-state index in [0.29, 0.717) is 23.1 Å². The van der Waals surface area contributed by atoms with Crippen molar-refractivity contribution >= 4 is 17.0 Å². The van der Waals surface area contributed by atoms with Gasteiger partial charge in [-0.25, -0.2) is 4.79 Å². The van der Waals surface area contributed by atoms with Gasteiger partial charge in [0.05, 0.1) is 6.61 Å². The van der Waals surface area contributed by atoms with Gasteiger partial charge in [0.25, 0.3) is 0 Å². The largest absolute Gasteiger partial charge is 0.507 e. The molecule has 0 spiro atoms. The lowest BCUT2D eigenvalue weighted by atomic mass is 9.99. The molecule has 0 saturated carbocycles. The molecule has 0 aliphatic rings. The molecule has 1 aromatic heterocycles. The van der Waals surface area contributed by atoms with E-state index in [1.807, 2.05) is 24.3 Å². The van der Waals surface area contributed by atoms with Crippen LogP contribution in [0, 0.1) is 0 Å². The second kappa shape index (κ2) is 6.54. The minimum atomic E-state index is -0.402. The summed E-state index contributed by atoms with van der Waals surface area (Å²) in [5, 5.41) is 21.0. The maximum Gasteiger partial charge on any atom is 0.333 e. The minimum Gasteiger partial charge on any atom is -0.507 e. The first-order valence-electron chi connectivity index (χ1n) is 7.50. The molecular weight excluding hydrogens is 306 g/mol. The first-order valence-corrected chi connectivity index (χ1v) is 7.50. The molecule has 0 amide bonds. The fraction of sp³-hybridized carbons (Fsp3) is 0.167. The number of aromatic nitrogens is 3. The van der Waals surface area contributed by atoms with Gasteiger partial charge in [-0.15, -0.1) is 0 Å². The van der Waals surface area contributed by atoms with Gasteiger partial charge in [-0.05, 0) is 30.7 Å². The second-order valence-corrected chi connectivity index (χ2v) is 5.51. The fourth-order valence-electron chi connectivity index (χ4n) is 2.42. The van der Waals surface area contributed by atoms with E-state index in [1.54, 1.807) is 19.1 Å².